The number of nitro groups is 2. The van der Waals surface area contributed by atoms with Crippen LogP contribution in [0.25, 0.3) is 10.8 Å². The minimum absolute atomic E-state index is 0.145. The summed E-state index contributed by atoms with van der Waals surface area (Å²) in [5.74, 6) is -1.83. The molecule has 0 saturated heterocycles. The average molecular weight is 334 g/mol. The van der Waals surface area contributed by atoms with Gasteiger partial charge in [0.2, 0.25) is 0 Å². The predicted octanol–water partition coefficient (Wildman–Crippen LogP) is 2.23. The van der Waals surface area contributed by atoms with E-state index in [-0.39, 0.29) is 21.9 Å². The number of rotatable bonds is 4. The molecule has 0 saturated carbocycles. The molecule has 2 aromatic rings. The summed E-state index contributed by atoms with van der Waals surface area (Å²) < 4.78 is 9.16. The second kappa shape index (κ2) is 6.28. The Morgan fingerprint density at radius 2 is 1.50 bits per heavy atom. The number of fused-ring (bicyclic) bond motifs is 1. The van der Waals surface area contributed by atoms with Crippen LogP contribution in [0, 0.1) is 20.2 Å². The lowest BCUT2D eigenvalue weighted by atomic mass is 9.97. The van der Waals surface area contributed by atoms with Gasteiger partial charge in [0.25, 0.3) is 11.4 Å². The standard InChI is InChI=1S/C14H10N2O8/c1-23-13(17)8-3-4-11(16(21)22)9-5-7(15(19)20)6-10(12(8)9)14(18)24-2/h3-6H,1-2H3. The Hall–Kier alpha value is -3.56. The van der Waals surface area contributed by atoms with Crippen LogP contribution in [0.15, 0.2) is 24.3 Å². The predicted molar refractivity (Wildman–Crippen MR) is 79.9 cm³/mol. The van der Waals surface area contributed by atoms with E-state index >= 15 is 0 Å². The van der Waals surface area contributed by atoms with Gasteiger partial charge in [-0.15, -0.1) is 0 Å². The Bertz CT molecular complexity index is 890. The van der Waals surface area contributed by atoms with Crippen LogP contribution in [-0.4, -0.2) is 36.0 Å². The topological polar surface area (TPSA) is 139 Å². The fourth-order valence-electron chi connectivity index (χ4n) is 2.27. The maximum atomic E-state index is 12.0. The Balaban J connectivity index is 3.06. The summed E-state index contributed by atoms with van der Waals surface area (Å²) in [6, 6.07) is 3.95. The van der Waals surface area contributed by atoms with Crippen molar-refractivity contribution in [2.24, 2.45) is 0 Å². The number of benzene rings is 2. The van der Waals surface area contributed by atoms with E-state index in [2.05, 4.69) is 9.47 Å². The van der Waals surface area contributed by atoms with Gasteiger partial charge in [0.1, 0.15) is 0 Å². The van der Waals surface area contributed by atoms with Crippen LogP contribution in [0.4, 0.5) is 11.4 Å². The highest BCUT2D eigenvalue weighted by molar-refractivity contribution is 6.16. The summed E-state index contributed by atoms with van der Waals surface area (Å²) in [5.41, 5.74) is -1.53. The molecule has 10 nitrogen and oxygen atoms in total. The number of esters is 2. The molecular formula is C14H10N2O8. The number of ether oxygens (including phenoxy) is 2. The number of carbonyl (C=O) groups excluding carboxylic acids is 2. The van der Waals surface area contributed by atoms with Crippen molar-refractivity contribution in [1.82, 2.24) is 0 Å². The lowest BCUT2D eigenvalue weighted by molar-refractivity contribution is -0.386. The van der Waals surface area contributed by atoms with Crippen LogP contribution in [0.3, 0.4) is 0 Å². The molecule has 124 valence electrons. The van der Waals surface area contributed by atoms with Crippen LogP contribution in [0.5, 0.6) is 0 Å². The zero-order valence-electron chi connectivity index (χ0n) is 12.5. The second-order valence-corrected chi connectivity index (χ2v) is 4.55. The number of nitrogens with zero attached hydrogens (tertiary/aromatic N) is 2. The number of hydrogen-bond donors (Lipinski definition) is 0. The maximum Gasteiger partial charge on any atom is 0.338 e. The van der Waals surface area contributed by atoms with Gasteiger partial charge in [0.05, 0.1) is 40.6 Å². The number of hydrogen-bond acceptors (Lipinski definition) is 8. The van der Waals surface area contributed by atoms with Crippen LogP contribution in [-0.2, 0) is 9.47 Å². The first-order valence-corrected chi connectivity index (χ1v) is 6.38. The highest BCUT2D eigenvalue weighted by atomic mass is 16.6. The Morgan fingerprint density at radius 3 is 2.00 bits per heavy atom. The molecule has 10 heteroatoms. The minimum atomic E-state index is -0.977. The molecule has 24 heavy (non-hydrogen) atoms. The molecule has 0 N–H and O–H groups in total. The molecule has 0 bridgehead atoms. The van der Waals surface area contributed by atoms with Crippen LogP contribution in [0.1, 0.15) is 20.7 Å². The first-order valence-electron chi connectivity index (χ1n) is 6.38. The molecule has 0 aliphatic rings. The summed E-state index contributed by atoms with van der Waals surface area (Å²) in [4.78, 5) is 44.6. The molecule has 0 amide bonds. The summed E-state index contributed by atoms with van der Waals surface area (Å²) in [6.07, 6.45) is 0. The van der Waals surface area contributed by atoms with Crippen LogP contribution >= 0.6 is 0 Å². The molecule has 0 unspecified atom stereocenters. The van der Waals surface area contributed by atoms with Gasteiger partial charge >= 0.3 is 11.9 Å². The molecule has 0 radical (unpaired) electrons. The Labute approximate surface area is 133 Å². The summed E-state index contributed by atoms with van der Waals surface area (Å²) in [7, 11) is 2.14. The number of non-ortho nitro benzene ring substituents is 2. The molecule has 0 aliphatic carbocycles. The molecule has 2 rings (SSSR count). The van der Waals surface area contributed by atoms with Crippen LogP contribution < -0.4 is 0 Å². The number of nitro benzene ring substituents is 2. The van der Waals surface area contributed by atoms with Crippen LogP contribution in [0.2, 0.25) is 0 Å². The Morgan fingerprint density at radius 1 is 0.917 bits per heavy atom. The monoisotopic (exact) mass is 334 g/mol. The Kier molecular flexibility index (Phi) is 4.40. The summed E-state index contributed by atoms with van der Waals surface area (Å²) >= 11 is 0. The highest BCUT2D eigenvalue weighted by Crippen LogP contribution is 2.35. The molecule has 0 aromatic heterocycles. The zero-order valence-corrected chi connectivity index (χ0v) is 12.5. The van der Waals surface area contributed by atoms with Crippen molar-refractivity contribution in [3.8, 4) is 0 Å². The van der Waals surface area contributed by atoms with Crippen molar-refractivity contribution in [2.45, 2.75) is 0 Å². The van der Waals surface area contributed by atoms with Crippen molar-refractivity contribution < 1.29 is 28.9 Å². The van der Waals surface area contributed by atoms with E-state index in [0.717, 1.165) is 38.5 Å². The average Bonchev–Trinajstić information content (AvgIpc) is 2.57. The van der Waals surface area contributed by atoms with E-state index < -0.39 is 33.2 Å². The quantitative estimate of drug-likeness (QED) is 0.471. The smallest absolute Gasteiger partial charge is 0.338 e. The second-order valence-electron chi connectivity index (χ2n) is 4.55. The first kappa shape index (κ1) is 16.8. The molecule has 0 fully saturated rings. The summed E-state index contributed by atoms with van der Waals surface area (Å²) in [5, 5.41) is 21.9. The molecule has 0 atom stereocenters. The van der Waals surface area contributed by atoms with Gasteiger partial charge in [0.15, 0.2) is 0 Å². The van der Waals surface area contributed by atoms with E-state index in [0.29, 0.717) is 0 Å². The molecule has 0 spiro atoms. The number of carbonyl (C=O) groups is 2. The third-order valence-electron chi connectivity index (χ3n) is 3.29. The van der Waals surface area contributed by atoms with Crippen molar-refractivity contribution in [1.29, 1.82) is 0 Å². The molecule has 0 heterocycles. The SMILES string of the molecule is COC(=O)c1ccc([N+](=O)[O-])c2cc([N+](=O)[O-])cc(C(=O)OC)c12. The van der Waals surface area contributed by atoms with Gasteiger partial charge in [-0.2, -0.15) is 0 Å². The third kappa shape index (κ3) is 2.72. The lowest BCUT2D eigenvalue weighted by Crippen LogP contribution is -2.09. The summed E-state index contributed by atoms with van der Waals surface area (Å²) in [6.45, 7) is 0. The van der Waals surface area contributed by atoms with E-state index in [1.165, 1.54) is 0 Å². The highest BCUT2D eigenvalue weighted by Gasteiger charge is 2.27. The largest absolute Gasteiger partial charge is 0.465 e. The van der Waals surface area contributed by atoms with Crippen molar-refractivity contribution in [3.05, 3.63) is 55.6 Å². The van der Waals surface area contributed by atoms with Gasteiger partial charge < -0.3 is 9.47 Å². The fraction of sp³-hybridized carbons (Fsp3) is 0.143. The van der Waals surface area contributed by atoms with Gasteiger partial charge in [-0.1, -0.05) is 0 Å². The van der Waals surface area contributed by atoms with E-state index in [9.17, 15) is 29.8 Å². The maximum absolute atomic E-state index is 12.0. The molecule has 0 aliphatic heterocycles. The van der Waals surface area contributed by atoms with E-state index in [1.807, 2.05) is 0 Å². The first-order chi connectivity index (χ1) is 11.3. The van der Waals surface area contributed by atoms with Gasteiger partial charge in [0, 0.05) is 23.6 Å². The van der Waals surface area contributed by atoms with Gasteiger partial charge in [-0.05, 0) is 6.07 Å². The van der Waals surface area contributed by atoms with Crippen molar-refractivity contribution >= 4 is 34.1 Å². The van der Waals surface area contributed by atoms with Gasteiger partial charge in [-0.25, -0.2) is 9.59 Å². The van der Waals surface area contributed by atoms with Gasteiger partial charge in [-0.3, -0.25) is 20.2 Å². The number of methoxy groups -OCH3 is 2. The molecule has 2 aromatic carbocycles. The van der Waals surface area contributed by atoms with Crippen molar-refractivity contribution in [3.63, 3.8) is 0 Å². The van der Waals surface area contributed by atoms with E-state index in [1.54, 1.807) is 0 Å². The van der Waals surface area contributed by atoms with E-state index in [4.69, 9.17) is 0 Å². The van der Waals surface area contributed by atoms with Crippen molar-refractivity contribution in [2.75, 3.05) is 14.2 Å². The third-order valence-corrected chi connectivity index (χ3v) is 3.29. The molecular weight excluding hydrogens is 324 g/mol. The normalized spacial score (nSPS) is 10.2. The lowest BCUT2D eigenvalue weighted by Gasteiger charge is -2.10. The minimum Gasteiger partial charge on any atom is -0.465 e. The zero-order chi connectivity index (χ0) is 18.0. The fourth-order valence-corrected chi connectivity index (χ4v) is 2.27.